The zero-order valence-electron chi connectivity index (χ0n) is 49.4. The van der Waals surface area contributed by atoms with Gasteiger partial charge in [0.25, 0.3) is 13.4 Å². The van der Waals surface area contributed by atoms with Gasteiger partial charge in [0.1, 0.15) is 34.5 Å². The quantitative estimate of drug-likeness (QED) is 0.202. The van der Waals surface area contributed by atoms with Crippen LogP contribution in [-0.4, -0.2) is 13.4 Å². The number of benzene rings is 7. The Morgan fingerprint density at radius 3 is 1.58 bits per heavy atom. The van der Waals surface area contributed by atoms with E-state index < -0.39 is 238 Å². The number of ether oxygens (including phenoxy) is 3. The minimum atomic E-state index is -1.94. The van der Waals surface area contributed by atoms with Crippen LogP contribution in [0.5, 0.6) is 34.5 Å². The third kappa shape index (κ3) is 4.17. The normalized spacial score (nSPS) is 20.4. The molecule has 3 aliphatic rings. The molecule has 0 bridgehead atoms. The van der Waals surface area contributed by atoms with Gasteiger partial charge in [-0.15, -0.1) is 0 Å². The molecule has 7 aromatic rings. The van der Waals surface area contributed by atoms with Crippen molar-refractivity contribution in [3.63, 3.8) is 0 Å². The van der Waals surface area contributed by atoms with E-state index in [9.17, 15) is 12.3 Å². The highest BCUT2D eigenvalue weighted by Crippen LogP contribution is 2.39. The van der Waals surface area contributed by atoms with Crippen molar-refractivity contribution in [1.82, 2.24) is 0 Å². The molecule has 3 aliphatic heterocycles. The van der Waals surface area contributed by atoms with E-state index in [1.807, 2.05) is 0 Å². The lowest BCUT2D eigenvalue weighted by Gasteiger charge is -2.33. The van der Waals surface area contributed by atoms with Gasteiger partial charge < -0.3 is 14.2 Å². The number of hydrogen-bond acceptors (Lipinski definition) is 3. The summed E-state index contributed by atoms with van der Waals surface area (Å²) < 4.78 is 243. The molecule has 5 heteroatoms. The Labute approximate surface area is 315 Å². The summed E-state index contributed by atoms with van der Waals surface area (Å²) in [5, 5.41) is 0. The molecule has 0 aliphatic carbocycles. The summed E-state index contributed by atoms with van der Waals surface area (Å²) in [5.41, 5.74) is -5.99. The summed E-state index contributed by atoms with van der Waals surface area (Å²) in [6, 6.07) is -20.9. The molecular formula is C43H28B2O3. The van der Waals surface area contributed by atoms with Crippen molar-refractivity contribution in [3.8, 4) is 56.8 Å². The summed E-state index contributed by atoms with van der Waals surface area (Å²) in [7, 11) is 0. The lowest BCUT2D eigenvalue weighted by molar-refractivity contribution is 0.465. The molecular weight excluding hydrogens is 586 g/mol. The maximum absolute atomic E-state index is 9.88. The van der Waals surface area contributed by atoms with Gasteiger partial charge in [-0.3, -0.25) is 0 Å². The first kappa shape index (κ1) is 12.3. The van der Waals surface area contributed by atoms with Gasteiger partial charge in [-0.2, -0.15) is 0 Å². The molecule has 0 unspecified atom stereocenters. The zero-order valence-corrected chi connectivity index (χ0v) is 24.4. The predicted molar refractivity (Wildman–Crippen MR) is 197 cm³/mol. The Morgan fingerprint density at radius 1 is 0.396 bits per heavy atom. The van der Waals surface area contributed by atoms with Crippen LogP contribution in [0.1, 0.15) is 39.8 Å². The van der Waals surface area contributed by atoms with Gasteiger partial charge in [0.2, 0.25) is 0 Å². The maximum Gasteiger partial charge on any atom is 0.260 e. The van der Waals surface area contributed by atoms with Crippen LogP contribution in [-0.2, 0) is 0 Å². The molecule has 0 N–H and O–H groups in total. The van der Waals surface area contributed by atoms with Gasteiger partial charge >= 0.3 is 0 Å². The van der Waals surface area contributed by atoms with E-state index in [0.717, 1.165) is 0 Å². The molecule has 0 saturated heterocycles. The fourth-order valence-electron chi connectivity index (χ4n) is 6.12. The Balaban J connectivity index is 1.35. The molecule has 3 nitrogen and oxygen atoms in total. The Kier molecular flexibility index (Phi) is 2.69. The van der Waals surface area contributed by atoms with Crippen LogP contribution in [0.4, 0.5) is 0 Å². The van der Waals surface area contributed by atoms with Gasteiger partial charge in [-0.1, -0.05) is 120 Å². The fourth-order valence-corrected chi connectivity index (χ4v) is 6.12. The minimum Gasteiger partial charge on any atom is -0.458 e. The van der Waals surface area contributed by atoms with Crippen molar-refractivity contribution in [2.24, 2.45) is 0 Å². The van der Waals surface area contributed by atoms with Crippen LogP contribution < -0.4 is 47.0 Å². The molecule has 0 aromatic heterocycles. The minimum absolute atomic E-state index is 0.147. The monoisotopic (exact) mass is 639 g/mol. The molecule has 3 heterocycles. The summed E-state index contributed by atoms with van der Waals surface area (Å²) in [5.74, 6) is -3.67. The molecule has 10 rings (SSSR count). The van der Waals surface area contributed by atoms with E-state index in [4.69, 9.17) is 36.1 Å². The summed E-state index contributed by atoms with van der Waals surface area (Å²) >= 11 is 0. The van der Waals surface area contributed by atoms with E-state index in [2.05, 4.69) is 0 Å². The van der Waals surface area contributed by atoms with E-state index in [1.165, 1.54) is 6.92 Å². The van der Waals surface area contributed by atoms with Gasteiger partial charge in [0, 0.05) is 5.46 Å². The van der Waals surface area contributed by atoms with E-state index in [0.29, 0.717) is 0 Å². The van der Waals surface area contributed by atoms with E-state index in [-0.39, 0.29) is 22.0 Å². The molecule has 0 radical (unpaired) electrons. The summed E-state index contributed by atoms with van der Waals surface area (Å²) in [4.78, 5) is 0. The molecule has 7 aromatic carbocycles. The first-order chi connectivity index (χ1) is 34.1. The van der Waals surface area contributed by atoms with Crippen LogP contribution in [0.25, 0.3) is 22.3 Å². The van der Waals surface area contributed by atoms with Gasteiger partial charge in [-0.25, -0.2) is 0 Å². The van der Waals surface area contributed by atoms with Gasteiger partial charge in [0.05, 0.1) is 34.3 Å². The molecule has 0 amide bonds. The zero-order chi connectivity index (χ0) is 53.5. The van der Waals surface area contributed by atoms with E-state index in [1.54, 1.807) is 0 Å². The van der Waals surface area contributed by atoms with Crippen molar-refractivity contribution in [3.05, 3.63) is 157 Å². The first-order valence-electron chi connectivity index (χ1n) is 27.0. The van der Waals surface area contributed by atoms with Crippen LogP contribution in [0.15, 0.2) is 151 Å². The Hall–Kier alpha value is -5.93. The molecule has 0 atom stereocenters. The highest BCUT2D eigenvalue weighted by atomic mass is 16.5. The smallest absolute Gasteiger partial charge is 0.260 e. The third-order valence-corrected chi connectivity index (χ3v) is 8.12. The maximum atomic E-state index is 9.88. The largest absolute Gasteiger partial charge is 0.458 e. The second-order valence-corrected chi connectivity index (χ2v) is 10.9. The average molecular weight is 639 g/mol. The summed E-state index contributed by atoms with van der Waals surface area (Å²) in [6.45, 7) is -2.27. The number of para-hydroxylation sites is 3. The fraction of sp³-hybridized carbons (Fsp3) is 0.0233. The van der Waals surface area contributed by atoms with Crippen molar-refractivity contribution < 1.29 is 48.5 Å². The SMILES string of the molecule is [2H]c1c([2H])c([2H])c2c(c1[2H])Oc1c([2H])c(-c3c([2H])c([2H])c([2H])c(-c4c([2H])c([2H])c([2H])c([2H])c4B4c5c([2H])c([2H])c([2H])c([2H])c5Oc5c([2H])c([2H])c(C)c([2H])c54)c3[2H])c([2H])c3c1B2c1c([2H])c([2H])c([2H])c([2H])c1O3. The Morgan fingerprint density at radius 2 is 0.917 bits per heavy atom. The highest BCUT2D eigenvalue weighted by Gasteiger charge is 2.40. The molecule has 224 valence electrons. The van der Waals surface area contributed by atoms with Crippen molar-refractivity contribution in [2.45, 2.75) is 6.92 Å². The second-order valence-electron chi connectivity index (χ2n) is 10.9. The molecule has 48 heavy (non-hydrogen) atoms. The number of hydrogen-bond donors (Lipinski definition) is 0. The lowest BCUT2D eigenvalue weighted by Crippen LogP contribution is -2.57. The predicted octanol–water partition coefficient (Wildman–Crippen LogP) is 6.68. The summed E-state index contributed by atoms with van der Waals surface area (Å²) in [6.07, 6.45) is 0. The first-order valence-corrected chi connectivity index (χ1v) is 14.5. The van der Waals surface area contributed by atoms with Gasteiger partial charge in [0.15, 0.2) is 0 Å². The van der Waals surface area contributed by atoms with Crippen LogP contribution in [0, 0.1) is 6.92 Å². The van der Waals surface area contributed by atoms with Crippen molar-refractivity contribution in [2.75, 3.05) is 0 Å². The van der Waals surface area contributed by atoms with E-state index >= 15 is 0 Å². The Bertz CT molecular complexity index is 3660. The highest BCUT2D eigenvalue weighted by molar-refractivity contribution is 6.98. The van der Waals surface area contributed by atoms with Crippen molar-refractivity contribution in [1.29, 1.82) is 0 Å². The number of rotatable bonds is 3. The van der Waals surface area contributed by atoms with Crippen molar-refractivity contribution >= 4 is 46.2 Å². The molecule has 0 spiro atoms. The number of fused-ring (bicyclic) bond motifs is 6. The standard InChI is InChI=1S/C43H28B2O3/c1-27-21-22-40-36(23-27)44(33-15-4-7-18-37(33)46-40)32-14-3-2-13-31(32)29-12-10-11-28(24-29)30-25-41-43-42(26-30)48-39-20-9-6-17-35(39)45(43)34-16-5-8-19-38(34)47-41/h2-26H,1H3/i2D,3D,4D,5D,6D,7D,8D,9D,10D,11D,12D,13D,14D,15D,16D,17D,18D,19D,20D,21D,22D,23D,24D,25D,26D. The van der Waals surface area contributed by atoms with Gasteiger partial charge in [-0.05, 0) is 93.3 Å². The molecule has 0 fully saturated rings. The topological polar surface area (TPSA) is 27.7 Å². The average Bonchev–Trinajstić information content (AvgIpc) is 3.37. The lowest BCUT2D eigenvalue weighted by atomic mass is 9.35. The van der Waals surface area contributed by atoms with Crippen LogP contribution >= 0.6 is 0 Å². The molecule has 0 saturated carbocycles. The van der Waals surface area contributed by atoms with Crippen LogP contribution in [0.3, 0.4) is 0 Å². The second kappa shape index (κ2) is 10.5. The van der Waals surface area contributed by atoms with Crippen LogP contribution in [0.2, 0.25) is 0 Å². The third-order valence-electron chi connectivity index (χ3n) is 8.12.